The molecule has 0 aromatic carbocycles. The van der Waals surface area contributed by atoms with Crippen LogP contribution < -0.4 is 0 Å². The molecule has 17 heteroatoms. The third kappa shape index (κ3) is 11.2. The fourth-order valence-electron chi connectivity index (χ4n) is 1.06. The second-order valence-corrected chi connectivity index (χ2v) is 9.80. The summed E-state index contributed by atoms with van der Waals surface area (Å²) in [5, 5.41) is 0. The summed E-state index contributed by atoms with van der Waals surface area (Å²) in [4.78, 5) is 0. The zero-order valence-electron chi connectivity index (χ0n) is 12.5. The Hall–Kier alpha value is -0.400. The number of hydrogen-bond donors (Lipinski definition) is 0. The average molecular weight is 436 g/mol. The molecule has 0 N–H and O–H groups in total. The lowest BCUT2D eigenvalue weighted by Gasteiger charge is -2.05. The van der Waals surface area contributed by atoms with Crippen molar-refractivity contribution in [2.45, 2.75) is 19.3 Å². The molecule has 0 aliphatic heterocycles. The zero-order valence-corrected chi connectivity index (χ0v) is 15.7. The molecule has 0 saturated heterocycles. The van der Waals surface area contributed by atoms with Gasteiger partial charge in [0.2, 0.25) is 0 Å². The molecule has 0 saturated carbocycles. The van der Waals surface area contributed by atoms with E-state index in [1.165, 1.54) is 0 Å². The molecule has 0 rings (SSSR count). The maximum absolute atomic E-state index is 11.3. The average Bonchev–Trinajstić information content (AvgIpc) is 2.40. The topological polar surface area (TPSA) is 183 Å². The van der Waals surface area contributed by atoms with E-state index in [1.807, 2.05) is 0 Å². The van der Waals surface area contributed by atoms with Gasteiger partial charge in [0.05, 0.1) is 26.6 Å². The van der Waals surface area contributed by atoms with Crippen molar-refractivity contribution in [3.8, 4) is 0 Å². The summed E-state index contributed by atoms with van der Waals surface area (Å²) in [6.45, 7) is -0.501. The fourth-order valence-corrected chi connectivity index (χ4v) is 4.64. The van der Waals surface area contributed by atoms with Gasteiger partial charge in [-0.1, -0.05) is 6.42 Å². The Balaban J connectivity index is 4.16. The first-order valence-electron chi connectivity index (χ1n) is 5.89. The Morgan fingerprint density at radius 3 is 1.62 bits per heavy atom. The second-order valence-electron chi connectivity index (χ2n) is 3.84. The first-order chi connectivity index (χ1) is 10.7. The Labute approximate surface area is 140 Å². The first kappa shape index (κ1) is 23.6. The van der Waals surface area contributed by atoms with Gasteiger partial charge in [-0.05, 0) is 12.8 Å². The van der Waals surface area contributed by atoms with E-state index >= 15 is 0 Å². The fraction of sp³-hybridized carbons (Fsp3) is 1.00. The van der Waals surface area contributed by atoms with E-state index in [0.29, 0.717) is 14.2 Å². The Morgan fingerprint density at radius 2 is 1.12 bits per heavy atom. The molecule has 0 bridgehead atoms. The molecule has 0 fully saturated rings. The molecular weight excluding hydrogens is 420 g/mol. The minimum Gasteiger partial charge on any atom is -0.251 e. The van der Waals surface area contributed by atoms with Gasteiger partial charge in [-0.15, -0.1) is 7.26 Å². The van der Waals surface area contributed by atoms with Crippen LogP contribution in [0.25, 0.3) is 0 Å². The molecule has 0 unspecified atom stereocenters. The van der Waals surface area contributed by atoms with Crippen LogP contribution in [0.3, 0.4) is 0 Å². The molecule has 146 valence electrons. The molecule has 13 nitrogen and oxygen atoms in total. The van der Waals surface area contributed by atoms with Crippen LogP contribution in [0.5, 0.6) is 0 Å². The molecule has 0 aromatic rings. The van der Waals surface area contributed by atoms with Gasteiger partial charge in [-0.25, -0.2) is 4.18 Å². The molecule has 0 aliphatic carbocycles. The second kappa shape index (κ2) is 9.34. The van der Waals surface area contributed by atoms with E-state index in [4.69, 9.17) is 0 Å². The molecule has 0 atom stereocenters. The van der Waals surface area contributed by atoms with E-state index < -0.39 is 53.7 Å². The Bertz CT molecular complexity index is 718. The largest absolute Gasteiger partial charge is 0.416 e. The highest BCUT2D eigenvalue weighted by molar-refractivity contribution is 7.97. The van der Waals surface area contributed by atoms with Crippen molar-refractivity contribution >= 4 is 41.3 Å². The van der Waals surface area contributed by atoms with Crippen LogP contribution in [0.4, 0.5) is 0 Å². The maximum Gasteiger partial charge on any atom is 0.416 e. The molecule has 0 radical (unpaired) electrons. The third-order valence-electron chi connectivity index (χ3n) is 2.03. The summed E-state index contributed by atoms with van der Waals surface area (Å²) in [6.07, 6.45) is 0.0204. The summed E-state index contributed by atoms with van der Waals surface area (Å²) >= 11 is 0. The Morgan fingerprint density at radius 1 is 0.625 bits per heavy atom. The van der Waals surface area contributed by atoms with Crippen molar-refractivity contribution in [3.63, 3.8) is 0 Å². The minimum absolute atomic E-state index is 0.00215. The molecule has 0 spiro atoms. The van der Waals surface area contributed by atoms with Crippen molar-refractivity contribution in [1.29, 1.82) is 0 Å². The van der Waals surface area contributed by atoms with Crippen LogP contribution in [0, 0.1) is 0 Å². The number of rotatable bonds is 13. The molecule has 0 amide bonds. The Kier molecular flexibility index (Phi) is 9.18. The van der Waals surface area contributed by atoms with Gasteiger partial charge in [0.25, 0.3) is 10.1 Å². The summed E-state index contributed by atoms with van der Waals surface area (Å²) in [7, 11) is -17.2. The van der Waals surface area contributed by atoms with Gasteiger partial charge < -0.3 is 0 Å². The number of hydrogen-bond acceptors (Lipinski definition) is 13. The standard InChI is InChI=1S/C7H16O13S4/c1-16-22(10,11)19-21(8,9)7-5-3-4-6-18-24(14,15)20-23(12,13)17-2/h3-7H2,1-2H3. The summed E-state index contributed by atoms with van der Waals surface area (Å²) in [6, 6.07) is 0. The highest BCUT2D eigenvalue weighted by Crippen LogP contribution is 2.09. The van der Waals surface area contributed by atoms with Crippen molar-refractivity contribution in [2.75, 3.05) is 26.6 Å². The van der Waals surface area contributed by atoms with Crippen LogP contribution in [0.15, 0.2) is 0 Å². The summed E-state index contributed by atoms with van der Waals surface area (Å²) < 4.78 is 107. The van der Waals surface area contributed by atoms with Gasteiger partial charge >= 0.3 is 31.2 Å². The van der Waals surface area contributed by atoms with Gasteiger partial charge in [0.15, 0.2) is 0 Å². The van der Waals surface area contributed by atoms with Crippen molar-refractivity contribution in [2.24, 2.45) is 0 Å². The lowest BCUT2D eigenvalue weighted by atomic mass is 10.3. The van der Waals surface area contributed by atoms with Gasteiger partial charge in [-0.3, -0.25) is 8.37 Å². The highest BCUT2D eigenvalue weighted by Gasteiger charge is 2.24. The molecule has 0 aromatic heterocycles. The van der Waals surface area contributed by atoms with Crippen LogP contribution in [-0.2, 0) is 61.1 Å². The van der Waals surface area contributed by atoms with Crippen LogP contribution in [0.2, 0.25) is 0 Å². The van der Waals surface area contributed by atoms with Crippen LogP contribution in [0.1, 0.15) is 19.3 Å². The van der Waals surface area contributed by atoms with E-state index in [1.54, 1.807) is 0 Å². The monoisotopic (exact) mass is 436 g/mol. The van der Waals surface area contributed by atoms with Crippen LogP contribution >= 0.6 is 0 Å². The van der Waals surface area contributed by atoms with E-state index in [0.717, 1.165) is 0 Å². The first-order valence-corrected chi connectivity index (χ1v) is 11.5. The van der Waals surface area contributed by atoms with E-state index in [2.05, 4.69) is 19.8 Å². The van der Waals surface area contributed by atoms with Gasteiger partial charge in [-0.2, -0.15) is 33.7 Å². The quantitative estimate of drug-likeness (QED) is 0.306. The van der Waals surface area contributed by atoms with Gasteiger partial charge in [0.1, 0.15) is 0 Å². The smallest absolute Gasteiger partial charge is 0.251 e. The maximum atomic E-state index is 11.3. The normalized spacial score (nSPS) is 13.9. The molecule has 0 heterocycles. The lowest BCUT2D eigenvalue weighted by molar-refractivity contribution is 0.251. The van der Waals surface area contributed by atoms with Crippen molar-refractivity contribution in [3.05, 3.63) is 0 Å². The predicted octanol–water partition coefficient (Wildman–Crippen LogP) is -1.44. The third-order valence-corrected chi connectivity index (χ3v) is 6.92. The van der Waals surface area contributed by atoms with Crippen molar-refractivity contribution in [1.82, 2.24) is 0 Å². The van der Waals surface area contributed by atoms with Crippen molar-refractivity contribution < 1.29 is 53.5 Å². The van der Waals surface area contributed by atoms with Gasteiger partial charge in [0, 0.05) is 0 Å². The zero-order chi connectivity index (χ0) is 19.1. The van der Waals surface area contributed by atoms with Crippen LogP contribution in [-0.4, -0.2) is 60.3 Å². The predicted molar refractivity (Wildman–Crippen MR) is 76.5 cm³/mol. The highest BCUT2D eigenvalue weighted by atomic mass is 32.3. The molecule has 0 aliphatic rings. The van der Waals surface area contributed by atoms with E-state index in [-0.39, 0.29) is 19.3 Å². The SMILES string of the molecule is COS(=O)(=O)OS(=O)(=O)CCCCCOS(=O)(=O)OS(=O)(=O)OC. The summed E-state index contributed by atoms with van der Waals surface area (Å²) in [5.74, 6) is -0.670. The molecule has 24 heavy (non-hydrogen) atoms. The van der Waals surface area contributed by atoms with E-state index in [9.17, 15) is 33.7 Å². The number of unbranched alkanes of at least 4 members (excludes halogenated alkanes) is 2. The summed E-state index contributed by atoms with van der Waals surface area (Å²) in [5.41, 5.74) is 0. The minimum atomic E-state index is -4.85. The molecular formula is C7H16O13S4. The lowest BCUT2D eigenvalue weighted by Crippen LogP contribution is -2.18.